The number of halogens is 1. The lowest BCUT2D eigenvalue weighted by molar-refractivity contribution is -0.132. The van der Waals surface area contributed by atoms with Crippen molar-refractivity contribution >= 4 is 17.5 Å². The third kappa shape index (κ3) is 7.39. The molecule has 0 aliphatic heterocycles. The highest BCUT2D eigenvalue weighted by atomic mass is 35.5. The van der Waals surface area contributed by atoms with Crippen molar-refractivity contribution in [2.75, 3.05) is 20.3 Å². The summed E-state index contributed by atoms with van der Waals surface area (Å²) in [7, 11) is 1.70. The molecule has 0 saturated carbocycles. The van der Waals surface area contributed by atoms with Gasteiger partial charge >= 0.3 is 0 Å². The first kappa shape index (κ1) is 21.5. The van der Waals surface area contributed by atoms with Gasteiger partial charge in [0.15, 0.2) is 0 Å². The van der Waals surface area contributed by atoms with Crippen LogP contribution in [0.1, 0.15) is 50.3 Å². The van der Waals surface area contributed by atoms with Crippen molar-refractivity contribution in [2.45, 2.75) is 52.1 Å². The van der Waals surface area contributed by atoms with Gasteiger partial charge in [0.25, 0.3) is 0 Å². The van der Waals surface area contributed by atoms with Crippen molar-refractivity contribution in [3.8, 4) is 0 Å². The van der Waals surface area contributed by atoms with Crippen LogP contribution < -0.4 is 0 Å². The number of carbonyl (C=O) groups is 1. The Morgan fingerprint density at radius 1 is 1.19 bits per heavy atom. The van der Waals surface area contributed by atoms with Crippen molar-refractivity contribution in [1.29, 1.82) is 0 Å². The van der Waals surface area contributed by atoms with E-state index in [0.717, 1.165) is 55.1 Å². The number of carbonyl (C=O) groups excluding carboxylic acids is 1. The largest absolute Gasteiger partial charge is 0.385 e. The van der Waals surface area contributed by atoms with Crippen molar-refractivity contribution in [3.63, 3.8) is 0 Å². The van der Waals surface area contributed by atoms with Gasteiger partial charge in [-0.3, -0.25) is 4.79 Å². The van der Waals surface area contributed by atoms with Crippen molar-refractivity contribution in [1.82, 2.24) is 9.47 Å². The van der Waals surface area contributed by atoms with Crippen LogP contribution in [0.3, 0.4) is 0 Å². The van der Waals surface area contributed by atoms with Crippen LogP contribution in [0.5, 0.6) is 0 Å². The number of aromatic nitrogens is 1. The molecule has 2 rings (SSSR count). The summed E-state index contributed by atoms with van der Waals surface area (Å²) in [4.78, 5) is 14.7. The summed E-state index contributed by atoms with van der Waals surface area (Å²) in [6, 6.07) is 12.0. The van der Waals surface area contributed by atoms with Gasteiger partial charge in [-0.05, 0) is 42.7 Å². The van der Waals surface area contributed by atoms with Gasteiger partial charge in [0.05, 0.1) is 6.54 Å². The van der Waals surface area contributed by atoms with E-state index in [9.17, 15) is 4.79 Å². The van der Waals surface area contributed by atoms with E-state index in [0.29, 0.717) is 19.6 Å². The van der Waals surface area contributed by atoms with Gasteiger partial charge in [-0.15, -0.1) is 0 Å². The Morgan fingerprint density at radius 2 is 2.04 bits per heavy atom. The number of amides is 1. The third-order valence-electron chi connectivity index (χ3n) is 4.64. The van der Waals surface area contributed by atoms with Gasteiger partial charge in [0, 0.05) is 50.1 Å². The lowest BCUT2D eigenvalue weighted by Crippen LogP contribution is -2.32. The number of hydrogen-bond acceptors (Lipinski definition) is 2. The highest BCUT2D eigenvalue weighted by Crippen LogP contribution is 2.15. The minimum atomic E-state index is 0.232. The summed E-state index contributed by atoms with van der Waals surface area (Å²) in [6.07, 6.45) is 6.72. The molecule has 0 atom stereocenters. The van der Waals surface area contributed by atoms with E-state index in [4.69, 9.17) is 16.3 Å². The lowest BCUT2D eigenvalue weighted by atomic mass is 10.2. The highest BCUT2D eigenvalue weighted by molar-refractivity contribution is 6.30. The predicted molar refractivity (Wildman–Crippen MR) is 111 cm³/mol. The summed E-state index contributed by atoms with van der Waals surface area (Å²) in [6.45, 7) is 4.92. The molecular formula is C22H31ClN2O2. The van der Waals surface area contributed by atoms with E-state index in [-0.39, 0.29) is 5.91 Å². The first-order valence-corrected chi connectivity index (χ1v) is 10.2. The Kier molecular flexibility index (Phi) is 9.43. The zero-order valence-corrected chi connectivity index (χ0v) is 17.3. The molecule has 0 N–H and O–H groups in total. The Bertz CT molecular complexity index is 699. The highest BCUT2D eigenvalue weighted by Gasteiger charge is 2.15. The summed E-state index contributed by atoms with van der Waals surface area (Å²) in [5.41, 5.74) is 2.29. The first-order valence-electron chi connectivity index (χ1n) is 9.79. The number of hydrogen-bond donors (Lipinski definition) is 0. The average Bonchev–Trinajstić information content (AvgIpc) is 3.08. The van der Waals surface area contributed by atoms with Crippen molar-refractivity contribution in [3.05, 3.63) is 58.9 Å². The Labute approximate surface area is 168 Å². The van der Waals surface area contributed by atoms with Gasteiger partial charge in [-0.2, -0.15) is 0 Å². The zero-order valence-electron chi connectivity index (χ0n) is 16.5. The Balaban J connectivity index is 2.05. The van der Waals surface area contributed by atoms with Crippen molar-refractivity contribution < 1.29 is 9.53 Å². The summed E-state index contributed by atoms with van der Waals surface area (Å²) >= 11 is 6.11. The molecule has 0 bridgehead atoms. The normalized spacial score (nSPS) is 10.9. The minimum Gasteiger partial charge on any atom is -0.385 e. The number of benzene rings is 1. The standard InChI is InChI=1S/C22H31ClN2O2/c1-3-4-5-12-22(26)25(14-8-15-27-2)18-21-11-7-13-24(21)17-19-9-6-10-20(23)16-19/h6-7,9-11,13,16H,3-5,8,12,14-15,17-18H2,1-2H3. The first-order chi connectivity index (χ1) is 13.1. The summed E-state index contributed by atoms with van der Waals surface area (Å²) in [5.74, 6) is 0.232. The molecule has 0 spiro atoms. The summed E-state index contributed by atoms with van der Waals surface area (Å²) in [5, 5.41) is 0.744. The predicted octanol–water partition coefficient (Wildman–Crippen LogP) is 5.14. The van der Waals surface area contributed by atoms with Crippen LogP contribution in [0.2, 0.25) is 5.02 Å². The fourth-order valence-corrected chi connectivity index (χ4v) is 3.36. The third-order valence-corrected chi connectivity index (χ3v) is 4.88. The molecule has 0 aliphatic rings. The molecule has 0 radical (unpaired) electrons. The molecule has 0 fully saturated rings. The topological polar surface area (TPSA) is 34.5 Å². The lowest BCUT2D eigenvalue weighted by Gasteiger charge is -2.24. The van der Waals surface area contributed by atoms with Crippen LogP contribution in [0.4, 0.5) is 0 Å². The van der Waals surface area contributed by atoms with Gasteiger partial charge in [-0.25, -0.2) is 0 Å². The van der Waals surface area contributed by atoms with E-state index < -0.39 is 0 Å². The van der Waals surface area contributed by atoms with E-state index in [1.807, 2.05) is 29.2 Å². The van der Waals surface area contributed by atoms with Gasteiger partial charge in [0.2, 0.25) is 5.91 Å². The SMILES string of the molecule is CCCCCC(=O)N(CCCOC)Cc1cccn1Cc1cccc(Cl)c1. The molecular weight excluding hydrogens is 360 g/mol. The minimum absolute atomic E-state index is 0.232. The van der Waals surface area contributed by atoms with E-state index >= 15 is 0 Å². The van der Waals surface area contributed by atoms with Crippen molar-refractivity contribution in [2.24, 2.45) is 0 Å². The molecule has 1 aromatic carbocycles. The van der Waals surface area contributed by atoms with Crippen LogP contribution in [-0.4, -0.2) is 35.6 Å². The molecule has 0 aliphatic carbocycles. The van der Waals surface area contributed by atoms with E-state index in [1.165, 1.54) is 0 Å². The monoisotopic (exact) mass is 390 g/mol. The van der Waals surface area contributed by atoms with E-state index in [2.05, 4.69) is 29.8 Å². The molecule has 4 nitrogen and oxygen atoms in total. The Morgan fingerprint density at radius 3 is 2.78 bits per heavy atom. The van der Waals surface area contributed by atoms with E-state index in [1.54, 1.807) is 7.11 Å². The maximum absolute atomic E-state index is 12.7. The molecule has 0 saturated heterocycles. The smallest absolute Gasteiger partial charge is 0.222 e. The average molecular weight is 391 g/mol. The number of unbranched alkanes of at least 4 members (excludes halogenated alkanes) is 2. The molecule has 2 aromatic rings. The second kappa shape index (κ2) is 11.8. The van der Waals surface area contributed by atoms with Crippen LogP contribution in [0, 0.1) is 0 Å². The van der Waals surface area contributed by atoms with Crippen LogP contribution in [0.15, 0.2) is 42.6 Å². The van der Waals surface area contributed by atoms with Gasteiger partial charge in [0.1, 0.15) is 0 Å². The van der Waals surface area contributed by atoms with Gasteiger partial charge < -0.3 is 14.2 Å². The summed E-state index contributed by atoms with van der Waals surface area (Å²) < 4.78 is 7.35. The Hall–Kier alpha value is -1.78. The zero-order chi connectivity index (χ0) is 19.5. The van der Waals surface area contributed by atoms with Crippen LogP contribution >= 0.6 is 11.6 Å². The molecule has 1 aromatic heterocycles. The van der Waals surface area contributed by atoms with Gasteiger partial charge in [-0.1, -0.05) is 43.5 Å². The molecule has 1 heterocycles. The van der Waals surface area contributed by atoms with Crippen LogP contribution in [-0.2, 0) is 22.6 Å². The molecule has 148 valence electrons. The fourth-order valence-electron chi connectivity index (χ4n) is 3.15. The second-order valence-corrected chi connectivity index (χ2v) is 7.31. The number of ether oxygens (including phenoxy) is 1. The maximum Gasteiger partial charge on any atom is 0.222 e. The maximum atomic E-state index is 12.7. The number of nitrogens with zero attached hydrogens (tertiary/aromatic N) is 2. The molecule has 5 heteroatoms. The molecule has 27 heavy (non-hydrogen) atoms. The fraction of sp³-hybridized carbons (Fsp3) is 0.500. The molecule has 0 unspecified atom stereocenters. The quantitative estimate of drug-likeness (QED) is 0.470. The molecule has 1 amide bonds. The number of rotatable bonds is 12. The number of methoxy groups -OCH3 is 1. The van der Waals surface area contributed by atoms with Crippen LogP contribution in [0.25, 0.3) is 0 Å². The second-order valence-electron chi connectivity index (χ2n) is 6.88.